The Hall–Kier alpha value is -1.05. The Morgan fingerprint density at radius 3 is 3.08 bits per heavy atom. The van der Waals surface area contributed by atoms with Crippen LogP contribution >= 0.6 is 0 Å². The SMILES string of the molecule is CCC(C=O)=CC1CCC=CO1. The fourth-order valence-corrected chi connectivity index (χ4v) is 1.15. The van der Waals surface area contributed by atoms with Gasteiger partial charge in [0, 0.05) is 0 Å². The third kappa shape index (κ3) is 2.53. The Bertz CT molecular complexity index is 204. The normalized spacial score (nSPS) is 23.4. The first kappa shape index (κ1) is 9.04. The standard InChI is InChI=1S/C10H14O2/c1-2-9(8-11)7-10-5-3-4-6-12-10/h4,6-8,10H,2-3,5H2,1H3. The molecule has 66 valence electrons. The predicted octanol–water partition coefficient (Wildman–Crippen LogP) is 2.21. The largest absolute Gasteiger partial charge is 0.494 e. The van der Waals surface area contributed by atoms with Gasteiger partial charge in [-0.2, -0.15) is 0 Å². The van der Waals surface area contributed by atoms with E-state index in [0.717, 1.165) is 31.1 Å². The molecule has 0 radical (unpaired) electrons. The van der Waals surface area contributed by atoms with E-state index in [1.165, 1.54) is 0 Å². The maximum absolute atomic E-state index is 10.5. The van der Waals surface area contributed by atoms with Crippen molar-refractivity contribution in [2.75, 3.05) is 0 Å². The molecule has 0 saturated heterocycles. The second kappa shape index (κ2) is 4.75. The van der Waals surface area contributed by atoms with Crippen molar-refractivity contribution >= 4 is 6.29 Å². The zero-order valence-corrected chi connectivity index (χ0v) is 7.32. The second-order valence-corrected chi connectivity index (χ2v) is 2.84. The molecule has 0 amide bonds. The molecule has 2 nitrogen and oxygen atoms in total. The number of aldehydes is 1. The number of carbonyl (C=O) groups excluding carboxylic acids is 1. The molecule has 0 aromatic carbocycles. The van der Waals surface area contributed by atoms with Crippen molar-refractivity contribution in [3.63, 3.8) is 0 Å². The number of hydrogen-bond acceptors (Lipinski definition) is 2. The molecule has 1 heterocycles. The van der Waals surface area contributed by atoms with Crippen LogP contribution < -0.4 is 0 Å². The Labute approximate surface area is 72.9 Å². The van der Waals surface area contributed by atoms with E-state index in [0.29, 0.717) is 0 Å². The van der Waals surface area contributed by atoms with E-state index in [-0.39, 0.29) is 6.10 Å². The summed E-state index contributed by atoms with van der Waals surface area (Å²) in [7, 11) is 0. The van der Waals surface area contributed by atoms with Crippen molar-refractivity contribution in [2.24, 2.45) is 0 Å². The molecule has 1 unspecified atom stereocenters. The van der Waals surface area contributed by atoms with Gasteiger partial charge in [-0.05, 0) is 37.0 Å². The van der Waals surface area contributed by atoms with Gasteiger partial charge in [0.25, 0.3) is 0 Å². The third-order valence-corrected chi connectivity index (χ3v) is 1.93. The van der Waals surface area contributed by atoms with Gasteiger partial charge in [0.1, 0.15) is 12.4 Å². The van der Waals surface area contributed by atoms with E-state index >= 15 is 0 Å². The molecule has 1 atom stereocenters. The minimum atomic E-state index is 0.107. The van der Waals surface area contributed by atoms with Gasteiger partial charge < -0.3 is 4.74 Å². The van der Waals surface area contributed by atoms with Crippen LogP contribution in [-0.2, 0) is 9.53 Å². The van der Waals surface area contributed by atoms with Crippen LogP contribution in [0.4, 0.5) is 0 Å². The van der Waals surface area contributed by atoms with Gasteiger partial charge in [-0.25, -0.2) is 0 Å². The van der Waals surface area contributed by atoms with Gasteiger partial charge in [-0.1, -0.05) is 6.92 Å². The molecule has 2 heteroatoms. The highest BCUT2D eigenvalue weighted by molar-refractivity contribution is 5.73. The van der Waals surface area contributed by atoms with Gasteiger partial charge in [0.05, 0.1) is 6.26 Å². The van der Waals surface area contributed by atoms with Crippen LogP contribution in [0.15, 0.2) is 24.0 Å². The molecule has 12 heavy (non-hydrogen) atoms. The first-order chi connectivity index (χ1) is 5.86. The number of allylic oxidation sites excluding steroid dienone is 2. The highest BCUT2D eigenvalue weighted by Crippen LogP contribution is 2.13. The highest BCUT2D eigenvalue weighted by Gasteiger charge is 2.07. The highest BCUT2D eigenvalue weighted by atomic mass is 16.5. The number of rotatable bonds is 3. The van der Waals surface area contributed by atoms with E-state index in [9.17, 15) is 4.79 Å². The summed E-state index contributed by atoms with van der Waals surface area (Å²) in [6.45, 7) is 1.97. The van der Waals surface area contributed by atoms with E-state index in [1.54, 1.807) is 6.26 Å². The molecular formula is C10H14O2. The molecular weight excluding hydrogens is 152 g/mol. The lowest BCUT2D eigenvalue weighted by atomic mass is 10.1. The monoisotopic (exact) mass is 166 g/mol. The van der Waals surface area contributed by atoms with Crippen molar-refractivity contribution in [3.05, 3.63) is 24.0 Å². The van der Waals surface area contributed by atoms with Crippen molar-refractivity contribution < 1.29 is 9.53 Å². The van der Waals surface area contributed by atoms with Crippen LogP contribution in [0.2, 0.25) is 0 Å². The van der Waals surface area contributed by atoms with Crippen LogP contribution in [0.1, 0.15) is 26.2 Å². The Morgan fingerprint density at radius 2 is 2.58 bits per heavy atom. The fraction of sp³-hybridized carbons (Fsp3) is 0.500. The van der Waals surface area contributed by atoms with Gasteiger partial charge in [-0.15, -0.1) is 0 Å². The molecule has 0 fully saturated rings. The number of hydrogen-bond donors (Lipinski definition) is 0. The lowest BCUT2D eigenvalue weighted by molar-refractivity contribution is -0.105. The van der Waals surface area contributed by atoms with Gasteiger partial charge in [-0.3, -0.25) is 4.79 Å². The zero-order valence-electron chi connectivity index (χ0n) is 7.32. The van der Waals surface area contributed by atoms with Crippen LogP contribution in [0.25, 0.3) is 0 Å². The summed E-state index contributed by atoms with van der Waals surface area (Å²) in [6.07, 6.45) is 9.44. The molecule has 0 saturated carbocycles. The van der Waals surface area contributed by atoms with Crippen molar-refractivity contribution in [1.29, 1.82) is 0 Å². The smallest absolute Gasteiger partial charge is 0.145 e. The minimum absolute atomic E-state index is 0.107. The molecule has 0 bridgehead atoms. The average Bonchev–Trinajstić information content (AvgIpc) is 2.16. The first-order valence-electron chi connectivity index (χ1n) is 4.33. The van der Waals surface area contributed by atoms with Gasteiger partial charge in [0.15, 0.2) is 0 Å². The van der Waals surface area contributed by atoms with Crippen molar-refractivity contribution in [3.8, 4) is 0 Å². The Kier molecular flexibility index (Phi) is 3.58. The lowest BCUT2D eigenvalue weighted by Gasteiger charge is -2.15. The van der Waals surface area contributed by atoms with Gasteiger partial charge >= 0.3 is 0 Å². The summed E-state index contributed by atoms with van der Waals surface area (Å²) in [5.74, 6) is 0. The van der Waals surface area contributed by atoms with Crippen LogP contribution in [-0.4, -0.2) is 12.4 Å². The van der Waals surface area contributed by atoms with Crippen molar-refractivity contribution in [1.82, 2.24) is 0 Å². The van der Waals surface area contributed by atoms with E-state index in [1.807, 2.05) is 19.1 Å². The molecule has 1 aliphatic heterocycles. The number of carbonyl (C=O) groups is 1. The maximum atomic E-state index is 10.5. The molecule has 0 aromatic heterocycles. The molecule has 1 rings (SSSR count). The zero-order chi connectivity index (χ0) is 8.81. The van der Waals surface area contributed by atoms with Crippen molar-refractivity contribution in [2.45, 2.75) is 32.3 Å². The Balaban J connectivity index is 2.52. The van der Waals surface area contributed by atoms with E-state index in [2.05, 4.69) is 0 Å². The average molecular weight is 166 g/mol. The summed E-state index contributed by atoms with van der Waals surface area (Å²) < 4.78 is 5.30. The van der Waals surface area contributed by atoms with Crippen LogP contribution in [0.5, 0.6) is 0 Å². The molecule has 0 aliphatic carbocycles. The summed E-state index contributed by atoms with van der Waals surface area (Å²) in [5.41, 5.74) is 0.829. The topological polar surface area (TPSA) is 26.3 Å². The van der Waals surface area contributed by atoms with E-state index in [4.69, 9.17) is 4.74 Å². The summed E-state index contributed by atoms with van der Waals surface area (Å²) in [6, 6.07) is 0. The molecule has 0 aromatic rings. The van der Waals surface area contributed by atoms with Crippen LogP contribution in [0, 0.1) is 0 Å². The second-order valence-electron chi connectivity index (χ2n) is 2.84. The number of ether oxygens (including phenoxy) is 1. The summed E-state index contributed by atoms with van der Waals surface area (Å²) in [4.78, 5) is 10.5. The minimum Gasteiger partial charge on any atom is -0.494 e. The predicted molar refractivity (Wildman–Crippen MR) is 47.7 cm³/mol. The summed E-state index contributed by atoms with van der Waals surface area (Å²) >= 11 is 0. The lowest BCUT2D eigenvalue weighted by Crippen LogP contribution is -2.10. The van der Waals surface area contributed by atoms with Gasteiger partial charge in [0.2, 0.25) is 0 Å². The Morgan fingerprint density at radius 1 is 1.75 bits per heavy atom. The third-order valence-electron chi connectivity index (χ3n) is 1.93. The molecule has 1 aliphatic rings. The molecule has 0 spiro atoms. The first-order valence-corrected chi connectivity index (χ1v) is 4.33. The maximum Gasteiger partial charge on any atom is 0.145 e. The quantitative estimate of drug-likeness (QED) is 0.474. The van der Waals surface area contributed by atoms with E-state index < -0.39 is 0 Å². The summed E-state index contributed by atoms with van der Waals surface area (Å²) in [5, 5.41) is 0. The van der Waals surface area contributed by atoms with Crippen LogP contribution in [0.3, 0.4) is 0 Å². The fourth-order valence-electron chi connectivity index (χ4n) is 1.15. The molecule has 0 N–H and O–H groups in total.